The predicted octanol–water partition coefficient (Wildman–Crippen LogP) is 2.06. The van der Waals surface area contributed by atoms with Gasteiger partial charge in [-0.2, -0.15) is 4.98 Å². The molecule has 3 heterocycles. The Balaban J connectivity index is 1.67. The molecule has 8 nitrogen and oxygen atoms in total. The summed E-state index contributed by atoms with van der Waals surface area (Å²) in [6, 6.07) is 11.4. The molecule has 8 heteroatoms. The van der Waals surface area contributed by atoms with Crippen molar-refractivity contribution in [3.63, 3.8) is 0 Å². The molecule has 0 spiro atoms. The Labute approximate surface area is 172 Å². The number of hydrogen-bond acceptors (Lipinski definition) is 5. The van der Waals surface area contributed by atoms with E-state index in [4.69, 9.17) is 0 Å². The number of rotatable bonds is 7. The van der Waals surface area contributed by atoms with Gasteiger partial charge < -0.3 is 9.67 Å². The van der Waals surface area contributed by atoms with Gasteiger partial charge in [0, 0.05) is 25.4 Å². The first kappa shape index (κ1) is 18.7. The molecule has 0 unspecified atom stereocenters. The average Bonchev–Trinajstić information content (AvgIpc) is 3.56. The van der Waals surface area contributed by atoms with Crippen LogP contribution >= 0.6 is 0 Å². The highest BCUT2D eigenvalue weighted by atomic mass is 16.3. The molecular formula is C22H23N5O3. The minimum atomic E-state index is -0.300. The monoisotopic (exact) mass is 405 g/mol. The molecule has 0 radical (unpaired) electrons. The van der Waals surface area contributed by atoms with Gasteiger partial charge in [-0.05, 0) is 49.9 Å². The molecule has 1 aliphatic rings. The number of imidazole rings is 1. The number of hydrogen-bond donors (Lipinski definition) is 1. The van der Waals surface area contributed by atoms with Crippen molar-refractivity contribution in [3.05, 3.63) is 69.3 Å². The maximum absolute atomic E-state index is 13.2. The number of aliphatic hydroxyl groups is 1. The van der Waals surface area contributed by atoms with Crippen molar-refractivity contribution in [3.8, 4) is 0 Å². The van der Waals surface area contributed by atoms with Gasteiger partial charge in [-0.25, -0.2) is 9.78 Å². The summed E-state index contributed by atoms with van der Waals surface area (Å²) < 4.78 is 5.42. The van der Waals surface area contributed by atoms with Crippen molar-refractivity contribution >= 4 is 22.1 Å². The quantitative estimate of drug-likeness (QED) is 0.475. The van der Waals surface area contributed by atoms with Gasteiger partial charge in [-0.15, -0.1) is 0 Å². The van der Waals surface area contributed by atoms with E-state index in [1.807, 2.05) is 39.5 Å². The molecule has 1 aliphatic carbocycles. The Morgan fingerprint density at radius 1 is 1.00 bits per heavy atom. The Kier molecular flexibility index (Phi) is 4.71. The normalized spacial score (nSPS) is 14.0. The minimum Gasteiger partial charge on any atom is -0.396 e. The fourth-order valence-corrected chi connectivity index (χ4v) is 4.10. The largest absolute Gasteiger partial charge is 0.396 e. The molecular weight excluding hydrogens is 382 g/mol. The van der Waals surface area contributed by atoms with E-state index >= 15 is 0 Å². The lowest BCUT2D eigenvalue weighted by atomic mass is 10.2. The summed E-state index contributed by atoms with van der Waals surface area (Å²) in [5.41, 5.74) is 1.80. The summed E-state index contributed by atoms with van der Waals surface area (Å²) in [4.78, 5) is 34.7. The zero-order valence-electron chi connectivity index (χ0n) is 16.6. The average molecular weight is 405 g/mol. The number of pyridine rings is 1. The van der Waals surface area contributed by atoms with Crippen LogP contribution in [0.25, 0.3) is 22.1 Å². The molecule has 1 fully saturated rings. The summed E-state index contributed by atoms with van der Waals surface area (Å²) in [5, 5.41) is 9.74. The Morgan fingerprint density at radius 2 is 1.80 bits per heavy atom. The third kappa shape index (κ3) is 3.13. The Bertz CT molecular complexity index is 1350. The van der Waals surface area contributed by atoms with Crippen molar-refractivity contribution in [2.75, 3.05) is 6.61 Å². The lowest BCUT2D eigenvalue weighted by Gasteiger charge is -2.16. The second kappa shape index (κ2) is 7.53. The fourth-order valence-electron chi connectivity index (χ4n) is 4.10. The first-order valence-corrected chi connectivity index (χ1v) is 10.3. The van der Waals surface area contributed by atoms with E-state index in [9.17, 15) is 14.7 Å². The maximum Gasteiger partial charge on any atom is 0.331 e. The van der Waals surface area contributed by atoms with Crippen LogP contribution in [0.1, 0.15) is 37.5 Å². The van der Waals surface area contributed by atoms with Crippen LogP contribution in [0.4, 0.5) is 0 Å². The topological polar surface area (TPSA) is 94.9 Å². The van der Waals surface area contributed by atoms with E-state index in [1.165, 1.54) is 0 Å². The summed E-state index contributed by atoms with van der Waals surface area (Å²) in [6.07, 6.45) is 5.07. The predicted molar refractivity (Wildman–Crippen MR) is 114 cm³/mol. The maximum atomic E-state index is 13.2. The molecule has 154 valence electrons. The van der Waals surface area contributed by atoms with Gasteiger partial charge >= 0.3 is 5.69 Å². The molecule has 4 aromatic rings. The molecule has 0 amide bonds. The number of unbranched alkanes of at least 4 members (excludes halogenated alkanes) is 1. The van der Waals surface area contributed by atoms with Crippen molar-refractivity contribution in [2.24, 2.45) is 0 Å². The second-order valence-corrected chi connectivity index (χ2v) is 7.75. The van der Waals surface area contributed by atoms with E-state index in [0.29, 0.717) is 29.8 Å². The van der Waals surface area contributed by atoms with E-state index < -0.39 is 0 Å². The molecule has 1 saturated carbocycles. The number of para-hydroxylation sites is 1. The van der Waals surface area contributed by atoms with E-state index in [-0.39, 0.29) is 30.4 Å². The highest BCUT2D eigenvalue weighted by Crippen LogP contribution is 2.35. The summed E-state index contributed by atoms with van der Waals surface area (Å²) in [5.74, 6) is 0.527. The molecule has 0 aliphatic heterocycles. The van der Waals surface area contributed by atoms with Gasteiger partial charge in [0.15, 0.2) is 5.65 Å². The van der Waals surface area contributed by atoms with Crippen molar-refractivity contribution in [2.45, 2.75) is 44.8 Å². The SMILES string of the molecule is O=c1nc(Cn2c(=O)n(C3CC3)c3cccnc32)n(CCCCO)c2ccccc12. The highest BCUT2D eigenvalue weighted by molar-refractivity contribution is 5.78. The highest BCUT2D eigenvalue weighted by Gasteiger charge is 2.29. The summed E-state index contributed by atoms with van der Waals surface area (Å²) in [7, 11) is 0. The zero-order chi connectivity index (χ0) is 20.7. The number of aryl methyl sites for hydroxylation is 1. The van der Waals surface area contributed by atoms with Crippen LogP contribution in [0.5, 0.6) is 0 Å². The number of aromatic nitrogens is 5. The van der Waals surface area contributed by atoms with Crippen LogP contribution in [0.3, 0.4) is 0 Å². The molecule has 1 aromatic carbocycles. The molecule has 3 aromatic heterocycles. The lowest BCUT2D eigenvalue weighted by Crippen LogP contribution is -2.28. The first-order valence-electron chi connectivity index (χ1n) is 10.3. The van der Waals surface area contributed by atoms with Crippen LogP contribution in [0.15, 0.2) is 52.2 Å². The van der Waals surface area contributed by atoms with E-state index in [1.54, 1.807) is 16.8 Å². The molecule has 1 N–H and O–H groups in total. The Morgan fingerprint density at radius 3 is 2.60 bits per heavy atom. The van der Waals surface area contributed by atoms with Crippen LogP contribution in [-0.2, 0) is 13.1 Å². The number of nitrogens with zero attached hydrogens (tertiary/aromatic N) is 5. The van der Waals surface area contributed by atoms with Gasteiger partial charge in [0.25, 0.3) is 5.56 Å². The second-order valence-electron chi connectivity index (χ2n) is 7.75. The standard InChI is InChI=1S/C22H23N5O3/c28-13-4-3-12-25-17-7-2-1-6-16(17)21(29)24-19(25)14-26-20-18(8-5-11-23-20)27(22(26)30)15-9-10-15/h1-2,5-8,11,15,28H,3-4,9-10,12-14H2. The van der Waals surface area contributed by atoms with Crippen LogP contribution < -0.4 is 11.2 Å². The molecule has 0 bridgehead atoms. The third-order valence-electron chi connectivity index (χ3n) is 5.69. The lowest BCUT2D eigenvalue weighted by molar-refractivity contribution is 0.281. The number of aliphatic hydroxyl groups excluding tert-OH is 1. The van der Waals surface area contributed by atoms with Gasteiger partial charge in [0.2, 0.25) is 0 Å². The first-order chi connectivity index (χ1) is 14.7. The van der Waals surface area contributed by atoms with Crippen LogP contribution in [0.2, 0.25) is 0 Å². The van der Waals surface area contributed by atoms with Gasteiger partial charge in [0.1, 0.15) is 5.82 Å². The van der Waals surface area contributed by atoms with Gasteiger partial charge in [-0.1, -0.05) is 12.1 Å². The van der Waals surface area contributed by atoms with Gasteiger partial charge in [-0.3, -0.25) is 13.9 Å². The molecule has 0 saturated heterocycles. The number of benzene rings is 1. The minimum absolute atomic E-state index is 0.110. The van der Waals surface area contributed by atoms with E-state index in [0.717, 1.165) is 30.3 Å². The zero-order valence-corrected chi connectivity index (χ0v) is 16.6. The van der Waals surface area contributed by atoms with Crippen molar-refractivity contribution < 1.29 is 5.11 Å². The Hall–Kier alpha value is -3.26. The number of fused-ring (bicyclic) bond motifs is 2. The molecule has 0 atom stereocenters. The molecule has 5 rings (SSSR count). The van der Waals surface area contributed by atoms with Gasteiger partial charge in [0.05, 0.1) is 23.0 Å². The van der Waals surface area contributed by atoms with Crippen molar-refractivity contribution in [1.29, 1.82) is 0 Å². The van der Waals surface area contributed by atoms with Crippen LogP contribution in [0, 0.1) is 0 Å². The summed E-state index contributed by atoms with van der Waals surface area (Å²) in [6.45, 7) is 0.886. The molecule has 30 heavy (non-hydrogen) atoms. The third-order valence-corrected chi connectivity index (χ3v) is 5.69. The van der Waals surface area contributed by atoms with Crippen LogP contribution in [-0.4, -0.2) is 35.4 Å². The summed E-state index contributed by atoms with van der Waals surface area (Å²) >= 11 is 0. The smallest absolute Gasteiger partial charge is 0.331 e. The van der Waals surface area contributed by atoms with Crippen molar-refractivity contribution in [1.82, 2.24) is 23.7 Å². The fraction of sp³-hybridized carbons (Fsp3) is 0.364. The van der Waals surface area contributed by atoms with E-state index in [2.05, 4.69) is 9.97 Å².